The van der Waals surface area contributed by atoms with Crippen LogP contribution in [-0.2, 0) is 13.0 Å². The first-order valence-corrected chi connectivity index (χ1v) is 15.5. The predicted octanol–water partition coefficient (Wildman–Crippen LogP) is 9.45. The maximum absolute atomic E-state index is 12.6. The van der Waals surface area contributed by atoms with Crippen molar-refractivity contribution in [2.75, 3.05) is 7.05 Å². The van der Waals surface area contributed by atoms with Crippen LogP contribution in [0.5, 0.6) is 17.2 Å². The number of carbonyl (C=O) groups excluding carboxylic acids is 1. The number of para-hydroxylation sites is 3. The van der Waals surface area contributed by atoms with Gasteiger partial charge in [-0.15, -0.1) is 0 Å². The van der Waals surface area contributed by atoms with Gasteiger partial charge in [-0.05, 0) is 96.7 Å². The van der Waals surface area contributed by atoms with Crippen molar-refractivity contribution in [3.05, 3.63) is 147 Å². The van der Waals surface area contributed by atoms with Gasteiger partial charge >= 0.3 is 0 Å². The molecule has 0 atom stereocenters. The van der Waals surface area contributed by atoms with E-state index in [1.54, 1.807) is 37.5 Å². The molecule has 7 heteroatoms. The Balaban J connectivity index is 0.000000253. The van der Waals surface area contributed by atoms with Gasteiger partial charge < -0.3 is 15.2 Å². The first-order chi connectivity index (χ1) is 21.7. The number of nitrogens with zero attached hydrogens (tertiary/aromatic N) is 2. The van der Waals surface area contributed by atoms with Gasteiger partial charge in [-0.1, -0.05) is 79.2 Å². The highest BCUT2D eigenvalue weighted by atomic mass is 79.9. The van der Waals surface area contributed by atoms with Gasteiger partial charge in [0.05, 0.1) is 21.5 Å². The fourth-order valence-corrected chi connectivity index (χ4v) is 4.40. The average Bonchev–Trinajstić information content (AvgIpc) is 3.04. The molecule has 0 heterocycles. The summed E-state index contributed by atoms with van der Waals surface area (Å²) in [5.41, 5.74) is 6.23. The number of halogens is 1. The standard InChI is InChI=1S/C22H21NO2.C16H19BrN2O/c1-2-17-12-14-18(15-13-17)16-23-22(24)20-10-6-7-11-21(20)25-19-8-4-3-5-9-19;1-11(2)9-15(13-7-5-6-8-16(13)20)19-12(3)14(17)10-18-4/h3-15H,2,16H2,1H3,(H,23,24);5-10,20H,1-4H3/b;14-12-,18-10?,19-15?. The summed E-state index contributed by atoms with van der Waals surface area (Å²) in [6, 6.07) is 32.2. The van der Waals surface area contributed by atoms with E-state index in [0.29, 0.717) is 29.2 Å². The summed E-state index contributed by atoms with van der Waals surface area (Å²) in [6.07, 6.45) is 4.66. The maximum atomic E-state index is 12.6. The van der Waals surface area contributed by atoms with Gasteiger partial charge in [0.1, 0.15) is 17.2 Å². The number of aromatic hydroxyl groups is 1. The van der Waals surface area contributed by atoms with Crippen LogP contribution in [0.25, 0.3) is 0 Å². The molecule has 0 aliphatic rings. The zero-order valence-electron chi connectivity index (χ0n) is 26.4. The second-order valence-electron chi connectivity index (χ2n) is 10.3. The summed E-state index contributed by atoms with van der Waals surface area (Å²) in [6.45, 7) is 8.50. The zero-order valence-corrected chi connectivity index (χ0v) is 28.0. The van der Waals surface area contributed by atoms with E-state index >= 15 is 0 Å². The van der Waals surface area contributed by atoms with Crippen molar-refractivity contribution >= 4 is 33.8 Å². The molecular formula is C38H40BrN3O3. The molecule has 232 valence electrons. The summed E-state index contributed by atoms with van der Waals surface area (Å²) in [5.74, 6) is 1.33. The second-order valence-corrected chi connectivity index (χ2v) is 11.2. The Morgan fingerprint density at radius 2 is 1.44 bits per heavy atom. The number of allylic oxidation sites excluding steroid dienone is 4. The first kappa shape index (κ1) is 34.7. The van der Waals surface area contributed by atoms with Crippen molar-refractivity contribution in [2.45, 2.75) is 40.7 Å². The van der Waals surface area contributed by atoms with Crippen LogP contribution in [0.2, 0.25) is 0 Å². The number of hydrogen-bond acceptors (Lipinski definition) is 5. The second kappa shape index (κ2) is 18.1. The van der Waals surface area contributed by atoms with Gasteiger partial charge in [0.25, 0.3) is 5.91 Å². The molecule has 0 spiro atoms. The van der Waals surface area contributed by atoms with E-state index in [1.165, 1.54) is 5.56 Å². The lowest BCUT2D eigenvalue weighted by Gasteiger charge is -2.11. The van der Waals surface area contributed by atoms with Gasteiger partial charge in [0.15, 0.2) is 0 Å². The summed E-state index contributed by atoms with van der Waals surface area (Å²) in [4.78, 5) is 21.1. The van der Waals surface area contributed by atoms with Gasteiger partial charge in [0, 0.05) is 25.4 Å². The number of ether oxygens (including phenoxy) is 1. The molecule has 4 aromatic carbocycles. The number of aliphatic imine (C=N–C) groups is 2. The van der Waals surface area contributed by atoms with Crippen molar-refractivity contribution in [3.8, 4) is 17.2 Å². The van der Waals surface area contributed by atoms with Crippen LogP contribution in [0.15, 0.2) is 135 Å². The Kier molecular flexibility index (Phi) is 14.0. The van der Waals surface area contributed by atoms with Gasteiger partial charge in [-0.3, -0.25) is 14.8 Å². The van der Waals surface area contributed by atoms with Crippen LogP contribution in [0.4, 0.5) is 0 Å². The van der Waals surface area contributed by atoms with Gasteiger partial charge in [0.2, 0.25) is 0 Å². The minimum Gasteiger partial charge on any atom is -0.507 e. The van der Waals surface area contributed by atoms with E-state index in [9.17, 15) is 9.90 Å². The van der Waals surface area contributed by atoms with E-state index in [-0.39, 0.29) is 11.7 Å². The van der Waals surface area contributed by atoms with E-state index in [2.05, 4.69) is 50.3 Å². The van der Waals surface area contributed by atoms with Crippen molar-refractivity contribution in [1.82, 2.24) is 5.32 Å². The number of aryl methyl sites for hydroxylation is 1. The SMILES string of the molecule is CCc1ccc(CNC(=O)c2ccccc2Oc2ccccc2)cc1.CN=C/C(Br)=C(\C)N=C(C=C(C)C)c1ccccc1O. The lowest BCUT2D eigenvalue weighted by Crippen LogP contribution is -2.23. The summed E-state index contributed by atoms with van der Waals surface area (Å²) in [5, 5.41) is 12.9. The quantitative estimate of drug-likeness (QED) is 0.166. The first-order valence-electron chi connectivity index (χ1n) is 14.7. The van der Waals surface area contributed by atoms with Crippen molar-refractivity contribution in [1.29, 1.82) is 0 Å². The predicted molar refractivity (Wildman–Crippen MR) is 190 cm³/mol. The Morgan fingerprint density at radius 1 is 0.844 bits per heavy atom. The van der Waals surface area contributed by atoms with Crippen molar-refractivity contribution < 1.29 is 14.6 Å². The Bertz CT molecular complexity index is 1670. The average molecular weight is 667 g/mol. The molecule has 1 amide bonds. The highest BCUT2D eigenvalue weighted by Gasteiger charge is 2.12. The number of nitrogens with one attached hydrogen (secondary N) is 1. The minimum atomic E-state index is -0.147. The van der Waals surface area contributed by atoms with Crippen LogP contribution in [0.3, 0.4) is 0 Å². The summed E-state index contributed by atoms with van der Waals surface area (Å²) < 4.78 is 6.67. The molecule has 0 saturated carbocycles. The molecule has 0 aliphatic carbocycles. The molecule has 6 nitrogen and oxygen atoms in total. The molecule has 2 N–H and O–H groups in total. The maximum Gasteiger partial charge on any atom is 0.255 e. The third-order valence-corrected chi connectivity index (χ3v) is 7.25. The number of phenols is 1. The van der Waals surface area contributed by atoms with E-state index in [0.717, 1.165) is 33.4 Å². The molecule has 0 aliphatic heterocycles. The smallest absolute Gasteiger partial charge is 0.255 e. The molecule has 45 heavy (non-hydrogen) atoms. The third-order valence-electron chi connectivity index (χ3n) is 6.47. The molecule has 0 aromatic heterocycles. The largest absolute Gasteiger partial charge is 0.507 e. The number of phenolic OH excluding ortho intramolecular Hbond substituents is 1. The number of amides is 1. The Labute approximate surface area is 275 Å². The number of benzene rings is 4. The minimum absolute atomic E-state index is 0.147. The van der Waals surface area contributed by atoms with Crippen LogP contribution in [-0.4, -0.2) is 30.0 Å². The third kappa shape index (κ3) is 11.4. The number of rotatable bonds is 10. The van der Waals surface area contributed by atoms with E-state index in [1.807, 2.05) is 93.6 Å². The summed E-state index contributed by atoms with van der Waals surface area (Å²) >= 11 is 3.43. The van der Waals surface area contributed by atoms with Gasteiger partial charge in [-0.2, -0.15) is 0 Å². The van der Waals surface area contributed by atoms with E-state index in [4.69, 9.17) is 4.74 Å². The fourth-order valence-electron chi connectivity index (χ4n) is 4.10. The molecule has 0 unspecified atom stereocenters. The highest BCUT2D eigenvalue weighted by molar-refractivity contribution is 9.12. The van der Waals surface area contributed by atoms with Crippen molar-refractivity contribution in [2.24, 2.45) is 9.98 Å². The molecule has 4 rings (SSSR count). The topological polar surface area (TPSA) is 83.3 Å². The Hall–Kier alpha value is -4.75. The molecule has 0 fully saturated rings. The monoisotopic (exact) mass is 665 g/mol. The number of hydrogen-bond donors (Lipinski definition) is 2. The molecule has 4 aromatic rings. The highest BCUT2D eigenvalue weighted by Crippen LogP contribution is 2.25. The molecule has 0 saturated heterocycles. The lowest BCUT2D eigenvalue weighted by molar-refractivity contribution is 0.0948. The van der Waals surface area contributed by atoms with Gasteiger partial charge in [-0.25, -0.2) is 0 Å². The summed E-state index contributed by atoms with van der Waals surface area (Å²) in [7, 11) is 1.71. The van der Waals surface area contributed by atoms with E-state index < -0.39 is 0 Å². The lowest BCUT2D eigenvalue weighted by atomic mass is 10.1. The van der Waals surface area contributed by atoms with Crippen LogP contribution < -0.4 is 10.1 Å². The normalized spacial score (nSPS) is 11.6. The van der Waals surface area contributed by atoms with Crippen molar-refractivity contribution in [3.63, 3.8) is 0 Å². The zero-order chi connectivity index (χ0) is 32.6. The molecule has 0 radical (unpaired) electrons. The fraction of sp³-hybridized carbons (Fsp3) is 0.184. The Morgan fingerprint density at radius 3 is 2.07 bits per heavy atom. The van der Waals surface area contributed by atoms with Crippen LogP contribution in [0.1, 0.15) is 54.7 Å². The molecule has 0 bridgehead atoms. The number of carbonyl (C=O) groups is 1. The molecular weight excluding hydrogens is 626 g/mol. The van der Waals surface area contributed by atoms with Crippen LogP contribution >= 0.6 is 15.9 Å². The van der Waals surface area contributed by atoms with Crippen LogP contribution in [0, 0.1) is 0 Å².